The maximum Gasteiger partial charge on any atom is 0.407 e. The number of imidazole rings is 2. The van der Waals surface area contributed by atoms with Crippen molar-refractivity contribution >= 4 is 57.4 Å². The Kier molecular flexibility index (Phi) is 14.6. The molecule has 73 heavy (non-hydrogen) atoms. The van der Waals surface area contributed by atoms with Crippen molar-refractivity contribution in [3.63, 3.8) is 0 Å². The Morgan fingerprint density at radius 1 is 0.616 bits per heavy atom. The van der Waals surface area contributed by atoms with Gasteiger partial charge < -0.3 is 49.7 Å². The number of H-pyrrole nitrogens is 2. The lowest BCUT2D eigenvalue weighted by atomic mass is 9.91. The van der Waals surface area contributed by atoms with Gasteiger partial charge in [0.1, 0.15) is 41.1 Å². The van der Waals surface area contributed by atoms with Crippen LogP contribution in [0.5, 0.6) is 0 Å². The van der Waals surface area contributed by atoms with Crippen LogP contribution in [-0.4, -0.2) is 106 Å². The lowest BCUT2D eigenvalue weighted by molar-refractivity contribution is -0.136. The number of methoxy groups -OCH3 is 2. The van der Waals surface area contributed by atoms with Crippen LogP contribution in [0.15, 0.2) is 36.4 Å². The Balaban J connectivity index is 1.08. The summed E-state index contributed by atoms with van der Waals surface area (Å²) >= 11 is 0. The highest BCUT2D eigenvalue weighted by Crippen LogP contribution is 2.50. The monoisotopic (exact) mass is 1010 g/mol. The molecule has 0 radical (unpaired) electrons. The number of carbonyl (C=O) groups is 4. The van der Waals surface area contributed by atoms with Crippen LogP contribution in [0.3, 0.4) is 0 Å². The third-order valence-electron chi connectivity index (χ3n) is 15.3. The molecular formula is C53H66F4N10O6. The van der Waals surface area contributed by atoms with Gasteiger partial charge in [-0.3, -0.25) is 9.59 Å². The van der Waals surface area contributed by atoms with E-state index in [-0.39, 0.29) is 70.8 Å². The normalized spacial score (nSPS) is 23.3. The number of hydrogen-bond acceptors (Lipinski definition) is 10. The summed E-state index contributed by atoms with van der Waals surface area (Å²) in [6.07, 6.45) is 2.51. The van der Waals surface area contributed by atoms with E-state index in [1.54, 1.807) is 31.7 Å². The first-order chi connectivity index (χ1) is 34.8. The molecule has 0 aliphatic carbocycles. The first-order valence-corrected chi connectivity index (χ1v) is 25.6. The summed E-state index contributed by atoms with van der Waals surface area (Å²) < 4.78 is 76.7. The molecule has 2 aromatic heterocycles. The van der Waals surface area contributed by atoms with Gasteiger partial charge in [0.15, 0.2) is 11.6 Å². The Morgan fingerprint density at radius 2 is 1.04 bits per heavy atom. The standard InChI is InChI=1S/C53H66F4N10O6/c1-26(2)45(62-52(70)72-7)50(68)65-15-9-11-43(65)48-58-37-20-31(33(54)22-39(37)60-48)41-13-14-42(67(41)30-18-35(56)47(36(57)19-30)64-24-28(5)17-29(6)25-64)32-21-38-40(23-34(32)55)61-49(59-38)44-12-10-16-66(44)51(69)46(27(3)4)63-53(71)73-8/h18-23,26-29,41-46H,9-17,24-25H2,1-8H3,(H,58,60)(H,59,61)(H,62,70)(H,63,71)/t28?,29?,41-,42-,43+,44+,45+,46+/m1/s1. The lowest BCUT2D eigenvalue weighted by Crippen LogP contribution is -2.51. The molecule has 9 rings (SSSR count). The van der Waals surface area contributed by atoms with Crippen molar-refractivity contribution in [2.45, 2.75) is 123 Å². The number of aromatic nitrogens is 4. The average Bonchev–Trinajstić information content (AvgIpc) is 4.20. The summed E-state index contributed by atoms with van der Waals surface area (Å²) in [5.74, 6) is -2.57. The number of benzene rings is 3. The van der Waals surface area contributed by atoms with Gasteiger partial charge in [0.2, 0.25) is 11.8 Å². The first-order valence-electron chi connectivity index (χ1n) is 25.6. The van der Waals surface area contributed by atoms with E-state index in [1.807, 2.05) is 27.7 Å². The number of piperidine rings is 1. The minimum atomic E-state index is -0.853. The summed E-state index contributed by atoms with van der Waals surface area (Å²) in [7, 11) is 2.46. The molecule has 4 amide bonds. The number of hydrogen-bond donors (Lipinski definition) is 4. The van der Waals surface area contributed by atoms with Crippen LogP contribution in [-0.2, 0) is 19.1 Å². The first kappa shape index (κ1) is 51.3. The molecule has 5 aromatic rings. The molecule has 0 bridgehead atoms. The van der Waals surface area contributed by atoms with Gasteiger partial charge >= 0.3 is 12.2 Å². The molecule has 0 saturated carbocycles. The lowest BCUT2D eigenvalue weighted by Gasteiger charge is -2.38. The van der Waals surface area contributed by atoms with Crippen molar-refractivity contribution < 1.29 is 46.2 Å². The number of nitrogens with zero attached hydrogens (tertiary/aromatic N) is 6. The van der Waals surface area contributed by atoms with Gasteiger partial charge in [0.05, 0.1) is 60.5 Å². The fraction of sp³-hybridized carbons (Fsp3) is 0.547. The van der Waals surface area contributed by atoms with Gasteiger partial charge in [-0.1, -0.05) is 41.5 Å². The molecule has 8 atom stereocenters. The van der Waals surface area contributed by atoms with Crippen LogP contribution >= 0.6 is 0 Å². The largest absolute Gasteiger partial charge is 0.453 e. The van der Waals surface area contributed by atoms with Crippen LogP contribution < -0.4 is 20.4 Å². The summed E-state index contributed by atoms with van der Waals surface area (Å²) in [6, 6.07) is 4.02. The van der Waals surface area contributed by atoms with Crippen LogP contribution in [0, 0.1) is 46.9 Å². The van der Waals surface area contributed by atoms with Crippen molar-refractivity contribution in [2.75, 3.05) is 50.2 Å². The minimum absolute atomic E-state index is 0.106. The summed E-state index contributed by atoms with van der Waals surface area (Å²) in [4.78, 5) is 75.3. The molecular weight excluding hydrogens is 949 g/mol. The smallest absolute Gasteiger partial charge is 0.407 e. The topological polar surface area (TPSA) is 181 Å². The molecule has 4 aliphatic heterocycles. The van der Waals surface area contributed by atoms with Crippen molar-refractivity contribution in [1.29, 1.82) is 0 Å². The van der Waals surface area contributed by atoms with Crippen molar-refractivity contribution in [3.05, 3.63) is 82.4 Å². The molecule has 6 heterocycles. The number of carbonyl (C=O) groups excluding carboxylic acids is 4. The number of anilines is 2. The molecule has 16 nitrogen and oxygen atoms in total. The molecule has 4 fully saturated rings. The highest BCUT2D eigenvalue weighted by Gasteiger charge is 2.42. The Morgan fingerprint density at radius 3 is 1.44 bits per heavy atom. The fourth-order valence-corrected chi connectivity index (χ4v) is 12.0. The quantitative estimate of drug-likeness (QED) is 0.0879. The Hall–Kier alpha value is -6.60. The van der Waals surface area contributed by atoms with Gasteiger partial charge in [-0.25, -0.2) is 37.1 Å². The molecule has 2 unspecified atom stereocenters. The number of amides is 4. The van der Waals surface area contributed by atoms with Gasteiger partial charge in [0.25, 0.3) is 0 Å². The maximum atomic E-state index is 16.9. The number of aromatic amines is 2. The van der Waals surface area contributed by atoms with Crippen LogP contribution in [0.4, 0.5) is 38.5 Å². The van der Waals surface area contributed by atoms with Crippen LogP contribution in [0.25, 0.3) is 22.1 Å². The second-order valence-corrected chi connectivity index (χ2v) is 21.2. The fourth-order valence-electron chi connectivity index (χ4n) is 12.0. The van der Waals surface area contributed by atoms with Gasteiger partial charge in [0, 0.05) is 43.0 Å². The van der Waals surface area contributed by atoms with Crippen LogP contribution in [0.2, 0.25) is 0 Å². The summed E-state index contributed by atoms with van der Waals surface area (Å²) in [6.45, 7) is 13.2. The second-order valence-electron chi connectivity index (χ2n) is 21.2. The average molecular weight is 1020 g/mol. The van der Waals surface area contributed by atoms with E-state index >= 15 is 17.6 Å². The summed E-state index contributed by atoms with van der Waals surface area (Å²) in [5.41, 5.74) is 1.91. The zero-order chi connectivity index (χ0) is 52.2. The van der Waals surface area contributed by atoms with E-state index in [4.69, 9.17) is 19.4 Å². The predicted molar refractivity (Wildman–Crippen MR) is 267 cm³/mol. The third-order valence-corrected chi connectivity index (χ3v) is 15.3. The number of fused-ring (bicyclic) bond motifs is 2. The molecule has 4 saturated heterocycles. The second kappa shape index (κ2) is 20.7. The van der Waals surface area contributed by atoms with Crippen LogP contribution in [0.1, 0.15) is 133 Å². The van der Waals surface area contributed by atoms with Gasteiger partial charge in [-0.05, 0) is 105 Å². The number of alkyl carbamates (subject to hydrolysis) is 2. The number of nitrogens with one attached hydrogen (secondary N) is 4. The van der Waals surface area contributed by atoms with E-state index in [0.29, 0.717) is 85.6 Å². The number of likely N-dealkylation sites (tertiary alicyclic amines) is 2. The van der Waals surface area contributed by atoms with E-state index < -0.39 is 71.7 Å². The van der Waals surface area contributed by atoms with E-state index in [1.165, 1.54) is 38.5 Å². The van der Waals surface area contributed by atoms with Crippen molar-refractivity contribution in [1.82, 2.24) is 40.4 Å². The molecule has 3 aromatic carbocycles. The molecule has 4 aliphatic rings. The summed E-state index contributed by atoms with van der Waals surface area (Å²) in [5, 5.41) is 5.30. The molecule has 20 heteroatoms. The Bertz CT molecular complexity index is 2720. The van der Waals surface area contributed by atoms with Gasteiger partial charge in [-0.2, -0.15) is 0 Å². The maximum absolute atomic E-state index is 16.9. The number of halogens is 4. The SMILES string of the molecule is COC(=O)N[C@H](C(=O)N1CCC[C@H]1c1nc2cc([C@H]3CC[C@H](c4cc5nc([C@@H]6CCCN6C(=O)[C@@H](NC(=O)OC)C(C)C)[nH]c5cc4F)N3c3cc(F)c(N4CC(C)CC(C)C4)c(F)c3)c(F)cc2[nH]1)C(C)C. The molecule has 4 N–H and O–H groups in total. The number of ether oxygens (including phenoxy) is 2. The highest BCUT2D eigenvalue weighted by atomic mass is 19.1. The number of rotatable bonds is 12. The molecule has 392 valence electrons. The minimum Gasteiger partial charge on any atom is -0.453 e. The molecule has 0 spiro atoms. The van der Waals surface area contributed by atoms with Crippen molar-refractivity contribution in [3.8, 4) is 0 Å². The Labute approximate surface area is 421 Å². The zero-order valence-corrected chi connectivity index (χ0v) is 42.7. The van der Waals surface area contributed by atoms with E-state index in [0.717, 1.165) is 6.42 Å². The highest BCUT2D eigenvalue weighted by molar-refractivity contribution is 5.88. The van der Waals surface area contributed by atoms with E-state index in [9.17, 15) is 19.2 Å². The van der Waals surface area contributed by atoms with Crippen molar-refractivity contribution in [2.24, 2.45) is 23.7 Å². The third kappa shape index (κ3) is 9.97. The zero-order valence-electron chi connectivity index (χ0n) is 42.7. The van der Waals surface area contributed by atoms with Gasteiger partial charge in [-0.15, -0.1) is 0 Å². The predicted octanol–water partition coefficient (Wildman–Crippen LogP) is 9.65. The van der Waals surface area contributed by atoms with E-state index in [2.05, 4.69) is 34.4 Å².